The van der Waals surface area contributed by atoms with Crippen molar-refractivity contribution in [2.75, 3.05) is 18.2 Å². The van der Waals surface area contributed by atoms with Crippen LogP contribution in [0, 0.1) is 0 Å². The first-order valence-corrected chi connectivity index (χ1v) is 6.99. The van der Waals surface area contributed by atoms with E-state index in [-0.39, 0.29) is 5.97 Å². The summed E-state index contributed by atoms with van der Waals surface area (Å²) in [6, 6.07) is 15.9. The van der Waals surface area contributed by atoms with Crippen LogP contribution in [0.3, 0.4) is 0 Å². The topological polar surface area (TPSA) is 64.3 Å². The SMILES string of the molecule is COC(=O)c1cccc(N)c1NC1CC1c1ccccc1. The lowest BCUT2D eigenvalue weighted by Gasteiger charge is -2.13. The van der Waals surface area contributed by atoms with Crippen molar-refractivity contribution in [1.82, 2.24) is 0 Å². The first-order chi connectivity index (χ1) is 10.2. The number of hydrogen-bond donors (Lipinski definition) is 2. The van der Waals surface area contributed by atoms with Crippen molar-refractivity contribution in [2.24, 2.45) is 0 Å². The van der Waals surface area contributed by atoms with Crippen molar-refractivity contribution < 1.29 is 9.53 Å². The largest absolute Gasteiger partial charge is 0.465 e. The second-order valence-electron chi connectivity index (χ2n) is 5.27. The first kappa shape index (κ1) is 13.5. The Morgan fingerprint density at radius 1 is 1.19 bits per heavy atom. The van der Waals surface area contributed by atoms with E-state index in [0.717, 1.165) is 6.42 Å². The van der Waals surface area contributed by atoms with Crippen LogP contribution in [0.15, 0.2) is 48.5 Å². The van der Waals surface area contributed by atoms with Gasteiger partial charge < -0.3 is 15.8 Å². The zero-order valence-corrected chi connectivity index (χ0v) is 11.9. The third-order valence-corrected chi connectivity index (χ3v) is 3.85. The highest BCUT2D eigenvalue weighted by atomic mass is 16.5. The number of methoxy groups -OCH3 is 1. The van der Waals surface area contributed by atoms with Gasteiger partial charge in [0.25, 0.3) is 0 Å². The number of carbonyl (C=O) groups excluding carboxylic acids is 1. The predicted octanol–water partition coefficient (Wildman–Crippen LogP) is 3.02. The minimum absolute atomic E-state index is 0.306. The first-order valence-electron chi connectivity index (χ1n) is 6.99. The molecule has 3 N–H and O–H groups in total. The van der Waals surface area contributed by atoms with Crippen molar-refractivity contribution in [1.29, 1.82) is 0 Å². The number of esters is 1. The van der Waals surface area contributed by atoms with Crippen LogP contribution in [0.1, 0.15) is 28.3 Å². The summed E-state index contributed by atoms with van der Waals surface area (Å²) in [6.45, 7) is 0. The number of benzene rings is 2. The van der Waals surface area contributed by atoms with Crippen molar-refractivity contribution in [2.45, 2.75) is 18.4 Å². The zero-order chi connectivity index (χ0) is 14.8. The average molecular weight is 282 g/mol. The van der Waals surface area contributed by atoms with E-state index >= 15 is 0 Å². The molecule has 4 heteroatoms. The van der Waals surface area contributed by atoms with E-state index in [1.165, 1.54) is 12.7 Å². The van der Waals surface area contributed by atoms with E-state index < -0.39 is 0 Å². The number of carbonyl (C=O) groups is 1. The van der Waals surface area contributed by atoms with Crippen LogP contribution < -0.4 is 11.1 Å². The molecule has 2 aromatic rings. The molecule has 21 heavy (non-hydrogen) atoms. The maximum Gasteiger partial charge on any atom is 0.340 e. The van der Waals surface area contributed by atoms with E-state index in [1.54, 1.807) is 18.2 Å². The number of hydrogen-bond acceptors (Lipinski definition) is 4. The van der Waals surface area contributed by atoms with Gasteiger partial charge >= 0.3 is 5.97 Å². The summed E-state index contributed by atoms with van der Waals surface area (Å²) in [6.07, 6.45) is 1.04. The standard InChI is InChI=1S/C17H18N2O2/c1-21-17(20)12-8-5-9-14(18)16(12)19-15-10-13(15)11-6-3-2-4-7-11/h2-9,13,15,19H,10,18H2,1H3. The van der Waals surface area contributed by atoms with Crippen LogP contribution in [-0.4, -0.2) is 19.1 Å². The molecule has 0 saturated heterocycles. The van der Waals surface area contributed by atoms with E-state index in [4.69, 9.17) is 10.5 Å². The Hall–Kier alpha value is -2.49. The molecule has 0 amide bonds. The van der Waals surface area contributed by atoms with Gasteiger partial charge in [-0.25, -0.2) is 4.79 Å². The van der Waals surface area contributed by atoms with Gasteiger partial charge in [0.05, 0.1) is 24.0 Å². The van der Waals surface area contributed by atoms with Crippen molar-refractivity contribution in [3.05, 3.63) is 59.7 Å². The van der Waals surface area contributed by atoms with Gasteiger partial charge in [-0.15, -0.1) is 0 Å². The van der Waals surface area contributed by atoms with Crippen LogP contribution in [0.2, 0.25) is 0 Å². The summed E-state index contributed by atoms with van der Waals surface area (Å²) in [7, 11) is 1.37. The Bertz CT molecular complexity index is 655. The highest BCUT2D eigenvalue weighted by molar-refractivity contribution is 5.98. The molecular formula is C17H18N2O2. The molecule has 2 aromatic carbocycles. The average Bonchev–Trinajstić information content (AvgIpc) is 3.29. The summed E-state index contributed by atoms with van der Waals surface area (Å²) in [5, 5.41) is 3.39. The lowest BCUT2D eigenvalue weighted by atomic mass is 10.1. The van der Waals surface area contributed by atoms with Crippen LogP contribution in [-0.2, 0) is 4.74 Å². The molecule has 0 bridgehead atoms. The van der Waals surface area contributed by atoms with Crippen LogP contribution in [0.25, 0.3) is 0 Å². The molecule has 1 saturated carbocycles. The summed E-state index contributed by atoms with van der Waals surface area (Å²) >= 11 is 0. The van der Waals surface area contributed by atoms with Gasteiger partial charge in [-0.1, -0.05) is 36.4 Å². The number of rotatable bonds is 4. The lowest BCUT2D eigenvalue weighted by Crippen LogP contribution is -2.12. The minimum Gasteiger partial charge on any atom is -0.465 e. The molecule has 0 aromatic heterocycles. The quantitative estimate of drug-likeness (QED) is 0.668. The van der Waals surface area contributed by atoms with Gasteiger partial charge in [0, 0.05) is 12.0 Å². The number of nitrogens with two attached hydrogens (primary N) is 1. The Kier molecular flexibility index (Phi) is 3.52. The molecule has 1 aliphatic carbocycles. The van der Waals surface area contributed by atoms with E-state index in [9.17, 15) is 4.79 Å². The maximum atomic E-state index is 11.8. The Labute approximate surface area is 123 Å². The number of anilines is 2. The number of ether oxygens (including phenoxy) is 1. The van der Waals surface area contributed by atoms with Crippen LogP contribution in [0.4, 0.5) is 11.4 Å². The molecule has 0 heterocycles. The fourth-order valence-corrected chi connectivity index (χ4v) is 2.62. The second-order valence-corrected chi connectivity index (χ2v) is 5.27. The summed E-state index contributed by atoms with van der Waals surface area (Å²) < 4.78 is 4.81. The molecule has 2 unspecified atom stereocenters. The molecule has 108 valence electrons. The van der Waals surface area contributed by atoms with Gasteiger partial charge in [-0.3, -0.25) is 0 Å². The third kappa shape index (κ3) is 2.70. The summed E-state index contributed by atoms with van der Waals surface area (Å²) in [4.78, 5) is 11.8. The van der Waals surface area contributed by atoms with Gasteiger partial charge in [0.1, 0.15) is 0 Å². The van der Waals surface area contributed by atoms with Crippen molar-refractivity contribution in [3.63, 3.8) is 0 Å². The monoisotopic (exact) mass is 282 g/mol. The fourth-order valence-electron chi connectivity index (χ4n) is 2.62. The Morgan fingerprint density at radius 3 is 2.67 bits per heavy atom. The van der Waals surface area contributed by atoms with Crippen molar-refractivity contribution in [3.8, 4) is 0 Å². The molecular weight excluding hydrogens is 264 g/mol. The molecule has 0 spiro atoms. The zero-order valence-electron chi connectivity index (χ0n) is 11.9. The van der Waals surface area contributed by atoms with E-state index in [0.29, 0.717) is 28.9 Å². The highest BCUT2D eigenvalue weighted by Gasteiger charge is 2.39. The van der Waals surface area contributed by atoms with Gasteiger partial charge in [0.15, 0.2) is 0 Å². The van der Waals surface area contributed by atoms with Crippen molar-refractivity contribution >= 4 is 17.3 Å². The second kappa shape index (κ2) is 5.48. The maximum absolute atomic E-state index is 11.8. The number of para-hydroxylation sites is 1. The number of nitrogen functional groups attached to an aromatic ring is 1. The molecule has 0 radical (unpaired) electrons. The van der Waals surface area contributed by atoms with Gasteiger partial charge in [-0.05, 0) is 24.1 Å². The van der Waals surface area contributed by atoms with E-state index in [1.807, 2.05) is 18.2 Å². The summed E-state index contributed by atoms with van der Waals surface area (Å²) in [5.74, 6) is 0.0954. The van der Waals surface area contributed by atoms with Crippen LogP contribution >= 0.6 is 0 Å². The molecule has 0 aliphatic heterocycles. The normalized spacial score (nSPS) is 19.9. The molecule has 1 aliphatic rings. The Morgan fingerprint density at radius 2 is 1.95 bits per heavy atom. The van der Waals surface area contributed by atoms with Gasteiger partial charge in [0.2, 0.25) is 0 Å². The molecule has 4 nitrogen and oxygen atoms in total. The Balaban J connectivity index is 1.79. The van der Waals surface area contributed by atoms with E-state index in [2.05, 4.69) is 17.4 Å². The smallest absolute Gasteiger partial charge is 0.340 e. The van der Waals surface area contributed by atoms with Crippen LogP contribution in [0.5, 0.6) is 0 Å². The highest BCUT2D eigenvalue weighted by Crippen LogP contribution is 2.44. The molecule has 1 fully saturated rings. The minimum atomic E-state index is -0.373. The lowest BCUT2D eigenvalue weighted by molar-refractivity contribution is 0.0602. The predicted molar refractivity (Wildman–Crippen MR) is 83.4 cm³/mol. The molecule has 3 rings (SSSR count). The third-order valence-electron chi connectivity index (χ3n) is 3.85. The van der Waals surface area contributed by atoms with Gasteiger partial charge in [-0.2, -0.15) is 0 Å². The number of nitrogens with one attached hydrogen (secondary N) is 1. The molecule has 2 atom stereocenters. The summed E-state index contributed by atoms with van der Waals surface area (Å²) in [5.41, 5.74) is 9.04. The fraction of sp³-hybridized carbons (Fsp3) is 0.235.